The van der Waals surface area contributed by atoms with Crippen molar-refractivity contribution in [3.63, 3.8) is 0 Å². The zero-order chi connectivity index (χ0) is 13.1. The number of rotatable bonds is 3. The molecule has 4 nitrogen and oxygen atoms in total. The van der Waals surface area contributed by atoms with Gasteiger partial charge in [-0.3, -0.25) is 4.90 Å². The fourth-order valence-electron chi connectivity index (χ4n) is 2.37. The van der Waals surface area contributed by atoms with Gasteiger partial charge in [0.15, 0.2) is 0 Å². The first-order valence-electron chi connectivity index (χ1n) is 6.52. The van der Waals surface area contributed by atoms with Gasteiger partial charge in [0.1, 0.15) is 5.82 Å². The highest BCUT2D eigenvalue weighted by molar-refractivity contribution is 7.09. The van der Waals surface area contributed by atoms with Gasteiger partial charge >= 0.3 is 0 Å². The summed E-state index contributed by atoms with van der Waals surface area (Å²) in [6.07, 6.45) is 1.87. The Kier molecular flexibility index (Phi) is 3.66. The molecule has 19 heavy (non-hydrogen) atoms. The van der Waals surface area contributed by atoms with Gasteiger partial charge in [0.05, 0.1) is 11.9 Å². The van der Waals surface area contributed by atoms with Gasteiger partial charge in [0.25, 0.3) is 0 Å². The van der Waals surface area contributed by atoms with Crippen molar-refractivity contribution in [3.8, 4) is 0 Å². The standard InChI is InChI=1S/C14H18N4S/c15-14-4-3-12(10-16-14)18-7-5-17(6-8-18)11-13-2-1-9-19-13/h1-4,9-10H,5-8,11H2,(H2,15,16). The van der Waals surface area contributed by atoms with E-state index in [-0.39, 0.29) is 0 Å². The highest BCUT2D eigenvalue weighted by atomic mass is 32.1. The SMILES string of the molecule is Nc1ccc(N2CCN(Cc3cccs3)CC2)cn1. The molecule has 2 aromatic heterocycles. The summed E-state index contributed by atoms with van der Waals surface area (Å²) in [5.74, 6) is 0.583. The Labute approximate surface area is 117 Å². The third-order valence-corrected chi connectivity index (χ3v) is 4.33. The van der Waals surface area contributed by atoms with Crippen molar-refractivity contribution in [2.45, 2.75) is 6.54 Å². The lowest BCUT2D eigenvalue weighted by Gasteiger charge is -2.35. The summed E-state index contributed by atoms with van der Waals surface area (Å²) in [4.78, 5) is 10.5. The van der Waals surface area contributed by atoms with Crippen molar-refractivity contribution < 1.29 is 0 Å². The van der Waals surface area contributed by atoms with Crippen LogP contribution in [0.1, 0.15) is 4.88 Å². The van der Waals surface area contributed by atoms with Crippen LogP contribution in [0.3, 0.4) is 0 Å². The van der Waals surface area contributed by atoms with Crippen LogP contribution in [0.25, 0.3) is 0 Å². The van der Waals surface area contributed by atoms with Gasteiger partial charge in [-0.1, -0.05) is 6.07 Å². The lowest BCUT2D eigenvalue weighted by molar-refractivity contribution is 0.252. The summed E-state index contributed by atoms with van der Waals surface area (Å²) in [5.41, 5.74) is 6.79. The summed E-state index contributed by atoms with van der Waals surface area (Å²) >= 11 is 1.84. The molecule has 0 amide bonds. The van der Waals surface area contributed by atoms with Crippen molar-refractivity contribution in [1.82, 2.24) is 9.88 Å². The molecule has 1 fully saturated rings. The Hall–Kier alpha value is -1.59. The lowest BCUT2D eigenvalue weighted by Crippen LogP contribution is -2.45. The minimum Gasteiger partial charge on any atom is -0.384 e. The van der Waals surface area contributed by atoms with Gasteiger partial charge in [0.2, 0.25) is 0 Å². The fraction of sp³-hybridized carbons (Fsp3) is 0.357. The lowest BCUT2D eigenvalue weighted by atomic mass is 10.2. The van der Waals surface area contributed by atoms with E-state index >= 15 is 0 Å². The van der Waals surface area contributed by atoms with Crippen LogP contribution in [0, 0.1) is 0 Å². The second-order valence-electron chi connectivity index (χ2n) is 4.78. The number of nitrogens with two attached hydrogens (primary N) is 1. The normalized spacial score (nSPS) is 16.7. The topological polar surface area (TPSA) is 45.4 Å². The fourth-order valence-corrected chi connectivity index (χ4v) is 3.12. The number of aromatic nitrogens is 1. The monoisotopic (exact) mass is 274 g/mol. The summed E-state index contributed by atoms with van der Waals surface area (Å²) < 4.78 is 0. The Balaban J connectivity index is 1.56. The molecule has 0 aliphatic carbocycles. The molecule has 1 saturated heterocycles. The first-order chi connectivity index (χ1) is 9.31. The van der Waals surface area contributed by atoms with Crippen molar-refractivity contribution in [1.29, 1.82) is 0 Å². The molecule has 1 aliphatic rings. The predicted molar refractivity (Wildman–Crippen MR) is 80.5 cm³/mol. The number of nitrogens with zero attached hydrogens (tertiary/aromatic N) is 3. The van der Waals surface area contributed by atoms with Crippen molar-refractivity contribution in [3.05, 3.63) is 40.7 Å². The molecular formula is C14H18N4S. The molecule has 100 valence electrons. The number of pyridine rings is 1. The van der Waals surface area contributed by atoms with Crippen LogP contribution in [0.15, 0.2) is 35.8 Å². The molecule has 3 rings (SSSR count). The third kappa shape index (κ3) is 3.05. The maximum absolute atomic E-state index is 5.62. The first-order valence-corrected chi connectivity index (χ1v) is 7.40. The maximum Gasteiger partial charge on any atom is 0.123 e. The molecule has 0 unspecified atom stereocenters. The van der Waals surface area contributed by atoms with Crippen LogP contribution in [0.5, 0.6) is 0 Å². The average molecular weight is 274 g/mol. The predicted octanol–water partition coefficient (Wildman–Crippen LogP) is 2.05. The molecule has 2 aromatic rings. The van der Waals surface area contributed by atoms with E-state index in [1.54, 1.807) is 0 Å². The maximum atomic E-state index is 5.62. The quantitative estimate of drug-likeness (QED) is 0.930. The largest absolute Gasteiger partial charge is 0.384 e. The Morgan fingerprint density at radius 2 is 2.00 bits per heavy atom. The van der Waals surface area contributed by atoms with Gasteiger partial charge in [0, 0.05) is 37.6 Å². The molecular weight excluding hydrogens is 256 g/mol. The molecule has 5 heteroatoms. The number of anilines is 2. The van der Waals surface area contributed by atoms with Gasteiger partial charge in [-0.25, -0.2) is 4.98 Å². The van der Waals surface area contributed by atoms with E-state index in [4.69, 9.17) is 5.73 Å². The first kappa shape index (κ1) is 12.4. The highest BCUT2D eigenvalue weighted by Crippen LogP contribution is 2.18. The van der Waals surface area contributed by atoms with Crippen molar-refractivity contribution >= 4 is 22.8 Å². The van der Waals surface area contributed by atoms with Crippen LogP contribution in [0.2, 0.25) is 0 Å². The number of nitrogen functional groups attached to an aromatic ring is 1. The van der Waals surface area contributed by atoms with Crippen molar-refractivity contribution in [2.24, 2.45) is 0 Å². The van der Waals surface area contributed by atoms with E-state index in [0.29, 0.717) is 5.82 Å². The Bertz CT molecular complexity index is 501. The number of hydrogen-bond acceptors (Lipinski definition) is 5. The number of thiophene rings is 1. The second-order valence-corrected chi connectivity index (χ2v) is 5.82. The molecule has 0 atom stereocenters. The van der Waals surface area contributed by atoms with E-state index in [9.17, 15) is 0 Å². The van der Waals surface area contributed by atoms with E-state index in [1.807, 2.05) is 23.6 Å². The number of piperazine rings is 1. The van der Waals surface area contributed by atoms with Gasteiger partial charge < -0.3 is 10.6 Å². The summed E-state index contributed by atoms with van der Waals surface area (Å²) in [7, 11) is 0. The molecule has 3 heterocycles. The van der Waals surface area contributed by atoms with Crippen LogP contribution >= 0.6 is 11.3 Å². The third-order valence-electron chi connectivity index (χ3n) is 3.47. The minimum absolute atomic E-state index is 0.583. The van der Waals surface area contributed by atoms with Gasteiger partial charge in [-0.05, 0) is 23.6 Å². The van der Waals surface area contributed by atoms with E-state index < -0.39 is 0 Å². The smallest absolute Gasteiger partial charge is 0.123 e. The minimum atomic E-state index is 0.583. The zero-order valence-electron chi connectivity index (χ0n) is 10.8. The molecule has 0 aromatic carbocycles. The Morgan fingerprint density at radius 1 is 1.16 bits per heavy atom. The second kappa shape index (κ2) is 5.59. The molecule has 0 bridgehead atoms. The highest BCUT2D eigenvalue weighted by Gasteiger charge is 2.17. The number of hydrogen-bond donors (Lipinski definition) is 1. The molecule has 1 aliphatic heterocycles. The van der Waals surface area contributed by atoms with Gasteiger partial charge in [-0.2, -0.15) is 0 Å². The van der Waals surface area contributed by atoms with Crippen LogP contribution in [-0.4, -0.2) is 36.1 Å². The van der Waals surface area contributed by atoms with Crippen molar-refractivity contribution in [2.75, 3.05) is 36.8 Å². The molecule has 0 spiro atoms. The average Bonchev–Trinajstić information content (AvgIpc) is 2.94. The molecule has 0 saturated carbocycles. The van der Waals surface area contributed by atoms with E-state index in [0.717, 1.165) is 32.7 Å². The summed E-state index contributed by atoms with van der Waals surface area (Å²) in [6.45, 7) is 5.38. The Morgan fingerprint density at radius 3 is 2.63 bits per heavy atom. The van der Waals surface area contributed by atoms with Crippen LogP contribution in [-0.2, 0) is 6.54 Å². The van der Waals surface area contributed by atoms with E-state index in [1.165, 1.54) is 10.6 Å². The van der Waals surface area contributed by atoms with Gasteiger partial charge in [-0.15, -0.1) is 11.3 Å². The molecule has 2 N–H and O–H groups in total. The van der Waals surface area contributed by atoms with Crippen LogP contribution < -0.4 is 10.6 Å². The molecule has 0 radical (unpaired) electrons. The van der Waals surface area contributed by atoms with E-state index in [2.05, 4.69) is 38.4 Å². The van der Waals surface area contributed by atoms with Crippen LogP contribution in [0.4, 0.5) is 11.5 Å². The summed E-state index contributed by atoms with van der Waals surface area (Å²) in [5, 5.41) is 2.14. The zero-order valence-corrected chi connectivity index (χ0v) is 11.6. The summed E-state index contributed by atoms with van der Waals surface area (Å²) in [6, 6.07) is 8.25.